The molecule has 2 aromatic carbocycles. The van der Waals surface area contributed by atoms with Crippen molar-refractivity contribution in [2.75, 3.05) is 0 Å². The van der Waals surface area contributed by atoms with E-state index < -0.39 is 47.0 Å². The second-order valence-corrected chi connectivity index (χ2v) is 7.40. The molecule has 1 amide bonds. The molecule has 1 heterocycles. The van der Waals surface area contributed by atoms with E-state index in [-0.39, 0.29) is 40.6 Å². The van der Waals surface area contributed by atoms with E-state index in [1.54, 1.807) is 0 Å². The van der Waals surface area contributed by atoms with Gasteiger partial charge < -0.3 is 15.5 Å². The van der Waals surface area contributed by atoms with Crippen LogP contribution in [-0.2, 0) is 16.0 Å². The van der Waals surface area contributed by atoms with Crippen LogP contribution in [0.4, 0.5) is 13.2 Å². The monoisotopic (exact) mass is 448 g/mol. The maximum atomic E-state index is 14.1. The number of fused-ring (bicyclic) bond motifs is 1. The van der Waals surface area contributed by atoms with Gasteiger partial charge >= 0.3 is 5.97 Å². The first-order chi connectivity index (χ1) is 15.0. The van der Waals surface area contributed by atoms with Gasteiger partial charge in [-0.25, -0.2) is 13.2 Å². The van der Waals surface area contributed by atoms with Crippen molar-refractivity contribution < 1.29 is 37.8 Å². The van der Waals surface area contributed by atoms with Crippen molar-refractivity contribution in [2.45, 2.75) is 32.7 Å². The lowest BCUT2D eigenvalue weighted by Gasteiger charge is -2.12. The summed E-state index contributed by atoms with van der Waals surface area (Å²) in [5.74, 6) is -6.52. The molecule has 1 unspecified atom stereocenters. The average Bonchev–Trinajstić information content (AvgIpc) is 2.94. The SMILES string of the molecule is Cc1c(CC(=O)NC(C)CC(=O)O)c2cc(O)c(F)cc2n1C(=O)c1ccc(F)c(F)c1. The molecule has 0 fully saturated rings. The molecule has 168 valence electrons. The number of aromatic nitrogens is 1. The number of hydrogen-bond donors (Lipinski definition) is 3. The molecule has 0 bridgehead atoms. The van der Waals surface area contributed by atoms with Gasteiger partial charge in [-0.3, -0.25) is 19.0 Å². The van der Waals surface area contributed by atoms with Crippen LogP contribution < -0.4 is 5.32 Å². The van der Waals surface area contributed by atoms with Gasteiger partial charge in [0, 0.05) is 28.8 Å². The normalized spacial score (nSPS) is 12.0. The molecule has 0 radical (unpaired) electrons. The van der Waals surface area contributed by atoms with E-state index in [0.717, 1.165) is 28.8 Å². The molecular formula is C22H19F3N2O5. The predicted molar refractivity (Wildman–Crippen MR) is 108 cm³/mol. The molecule has 0 aliphatic rings. The van der Waals surface area contributed by atoms with E-state index in [1.807, 2.05) is 0 Å². The Morgan fingerprint density at radius 1 is 1.06 bits per heavy atom. The number of carbonyl (C=O) groups excluding carboxylic acids is 2. The van der Waals surface area contributed by atoms with Crippen molar-refractivity contribution in [1.82, 2.24) is 9.88 Å². The first kappa shape index (κ1) is 22.9. The number of hydrogen-bond acceptors (Lipinski definition) is 4. The lowest BCUT2D eigenvalue weighted by atomic mass is 10.1. The standard InChI is InChI=1S/C22H19F3N2O5/c1-10(5-21(30)31)26-20(29)8-13-11(2)27(18-9-17(25)19(28)7-14(13)18)22(32)12-3-4-15(23)16(24)6-12/h3-4,6-7,9-10,28H,5,8H2,1-2H3,(H,26,29)(H,30,31). The summed E-state index contributed by atoms with van der Waals surface area (Å²) in [5.41, 5.74) is 0.324. The third-order valence-corrected chi connectivity index (χ3v) is 5.00. The molecule has 3 rings (SSSR count). The lowest BCUT2D eigenvalue weighted by molar-refractivity contribution is -0.137. The van der Waals surface area contributed by atoms with Crippen LogP contribution in [0.3, 0.4) is 0 Å². The number of carboxylic acid groups (broad SMARTS) is 1. The number of aromatic hydroxyl groups is 1. The molecule has 0 saturated carbocycles. The summed E-state index contributed by atoms with van der Waals surface area (Å²) < 4.78 is 42.1. The molecule has 1 aromatic heterocycles. The molecule has 0 aliphatic heterocycles. The van der Waals surface area contributed by atoms with Crippen LogP contribution >= 0.6 is 0 Å². The van der Waals surface area contributed by atoms with Gasteiger partial charge in [0.2, 0.25) is 5.91 Å². The zero-order chi connectivity index (χ0) is 23.7. The molecule has 0 aliphatic carbocycles. The minimum atomic E-state index is -1.24. The van der Waals surface area contributed by atoms with Crippen LogP contribution in [-0.4, -0.2) is 38.6 Å². The van der Waals surface area contributed by atoms with Gasteiger partial charge in [-0.1, -0.05) is 0 Å². The van der Waals surface area contributed by atoms with E-state index in [9.17, 15) is 32.7 Å². The van der Waals surface area contributed by atoms with E-state index in [2.05, 4.69) is 5.32 Å². The van der Waals surface area contributed by atoms with Crippen molar-refractivity contribution in [3.63, 3.8) is 0 Å². The molecule has 0 saturated heterocycles. The number of carbonyl (C=O) groups is 3. The second kappa shape index (κ2) is 8.74. The Bertz CT molecular complexity index is 1250. The molecule has 32 heavy (non-hydrogen) atoms. The highest BCUT2D eigenvalue weighted by Gasteiger charge is 2.24. The smallest absolute Gasteiger partial charge is 0.305 e. The summed E-state index contributed by atoms with van der Waals surface area (Å²) in [7, 11) is 0. The van der Waals surface area contributed by atoms with Crippen molar-refractivity contribution >= 4 is 28.7 Å². The first-order valence-corrected chi connectivity index (χ1v) is 9.53. The highest BCUT2D eigenvalue weighted by Crippen LogP contribution is 2.32. The number of rotatable bonds is 6. The number of nitrogens with zero attached hydrogens (tertiary/aromatic N) is 1. The van der Waals surface area contributed by atoms with E-state index in [4.69, 9.17) is 5.11 Å². The predicted octanol–water partition coefficient (Wildman–Crippen LogP) is 3.28. The molecule has 10 heteroatoms. The first-order valence-electron chi connectivity index (χ1n) is 9.53. The van der Waals surface area contributed by atoms with Gasteiger partial charge in [-0.05, 0) is 43.7 Å². The van der Waals surface area contributed by atoms with Crippen LogP contribution in [0.5, 0.6) is 5.75 Å². The number of phenols is 1. The molecule has 7 nitrogen and oxygen atoms in total. The molecule has 3 N–H and O–H groups in total. The zero-order valence-corrected chi connectivity index (χ0v) is 17.1. The molecular weight excluding hydrogens is 429 g/mol. The third kappa shape index (κ3) is 4.43. The fraction of sp³-hybridized carbons (Fsp3) is 0.227. The quantitative estimate of drug-likeness (QED) is 0.536. The summed E-state index contributed by atoms with van der Waals surface area (Å²) in [6.07, 6.45) is -0.595. The van der Waals surface area contributed by atoms with Crippen LogP contribution in [0.1, 0.15) is 35.0 Å². The Morgan fingerprint density at radius 2 is 1.75 bits per heavy atom. The Balaban J connectivity index is 2.08. The van der Waals surface area contributed by atoms with Crippen LogP contribution in [0.15, 0.2) is 30.3 Å². The fourth-order valence-corrected chi connectivity index (χ4v) is 3.53. The topological polar surface area (TPSA) is 109 Å². The van der Waals surface area contributed by atoms with Crippen LogP contribution in [0.2, 0.25) is 0 Å². The minimum Gasteiger partial charge on any atom is -0.505 e. The van der Waals surface area contributed by atoms with Gasteiger partial charge in [0.1, 0.15) is 0 Å². The number of nitrogens with one attached hydrogen (secondary N) is 1. The van der Waals surface area contributed by atoms with Gasteiger partial charge in [0.15, 0.2) is 23.2 Å². The second-order valence-electron chi connectivity index (χ2n) is 7.40. The van der Waals surface area contributed by atoms with Crippen LogP contribution in [0, 0.1) is 24.4 Å². The summed E-state index contributed by atoms with van der Waals surface area (Å²) >= 11 is 0. The van der Waals surface area contributed by atoms with Crippen molar-refractivity contribution in [2.24, 2.45) is 0 Å². The number of carboxylic acids is 1. The van der Waals surface area contributed by atoms with Crippen molar-refractivity contribution in [3.05, 3.63) is 64.6 Å². The van der Waals surface area contributed by atoms with Crippen molar-refractivity contribution in [1.29, 1.82) is 0 Å². The van der Waals surface area contributed by atoms with Gasteiger partial charge in [-0.15, -0.1) is 0 Å². The summed E-state index contributed by atoms with van der Waals surface area (Å²) in [6, 6.07) is 3.87. The number of amides is 1. The molecule has 0 spiro atoms. The van der Waals surface area contributed by atoms with Gasteiger partial charge in [0.05, 0.1) is 18.4 Å². The number of phenolic OH excluding ortho intramolecular Hbond substituents is 1. The number of halogens is 3. The molecule has 3 aromatic rings. The summed E-state index contributed by atoms with van der Waals surface area (Å²) in [6.45, 7) is 2.99. The fourth-order valence-electron chi connectivity index (χ4n) is 3.53. The highest BCUT2D eigenvalue weighted by molar-refractivity contribution is 6.05. The number of benzene rings is 2. The Morgan fingerprint density at radius 3 is 2.38 bits per heavy atom. The Labute approximate surface area is 180 Å². The lowest BCUT2D eigenvalue weighted by Crippen LogP contribution is -2.35. The number of aliphatic carboxylic acids is 1. The van der Waals surface area contributed by atoms with E-state index in [1.165, 1.54) is 13.8 Å². The van der Waals surface area contributed by atoms with E-state index in [0.29, 0.717) is 6.07 Å². The Hall–Kier alpha value is -3.82. The average molecular weight is 448 g/mol. The Kier molecular flexibility index (Phi) is 6.24. The minimum absolute atomic E-state index is 0.0221. The van der Waals surface area contributed by atoms with Crippen molar-refractivity contribution in [3.8, 4) is 5.75 Å². The summed E-state index contributed by atoms with van der Waals surface area (Å²) in [5, 5.41) is 21.4. The largest absolute Gasteiger partial charge is 0.505 e. The maximum absolute atomic E-state index is 14.1. The highest BCUT2D eigenvalue weighted by atomic mass is 19.2. The zero-order valence-electron chi connectivity index (χ0n) is 17.1. The molecule has 1 atom stereocenters. The third-order valence-electron chi connectivity index (χ3n) is 5.00. The van der Waals surface area contributed by atoms with Gasteiger partial charge in [-0.2, -0.15) is 0 Å². The van der Waals surface area contributed by atoms with Gasteiger partial charge in [0.25, 0.3) is 5.91 Å². The van der Waals surface area contributed by atoms with Crippen LogP contribution in [0.25, 0.3) is 10.9 Å². The van der Waals surface area contributed by atoms with E-state index >= 15 is 0 Å². The summed E-state index contributed by atoms with van der Waals surface area (Å²) in [4.78, 5) is 36.3. The maximum Gasteiger partial charge on any atom is 0.305 e.